The average molecular weight is 225 g/mol. The number of hydrogen-bond acceptors (Lipinski definition) is 2. The summed E-state index contributed by atoms with van der Waals surface area (Å²) in [6.45, 7) is 6.89. The van der Waals surface area contributed by atoms with Gasteiger partial charge in [-0.1, -0.05) is 33.1 Å². The predicted octanol–water partition coefficient (Wildman–Crippen LogP) is 2.91. The molecule has 86 valence electrons. The van der Waals surface area contributed by atoms with Gasteiger partial charge in [0, 0.05) is 11.8 Å². The largest absolute Gasteiger partial charge is 0.300 e. The van der Waals surface area contributed by atoms with Crippen LogP contribution in [0.4, 0.5) is 0 Å². The van der Waals surface area contributed by atoms with Gasteiger partial charge in [0.1, 0.15) is 0 Å². The highest BCUT2D eigenvalue weighted by Crippen LogP contribution is 2.34. The van der Waals surface area contributed by atoms with Crippen molar-refractivity contribution < 1.29 is 0 Å². The highest BCUT2D eigenvalue weighted by Gasteiger charge is 2.33. The summed E-state index contributed by atoms with van der Waals surface area (Å²) < 4.78 is 0. The van der Waals surface area contributed by atoms with Gasteiger partial charge < -0.3 is 0 Å². The van der Waals surface area contributed by atoms with Gasteiger partial charge in [-0.15, -0.1) is 6.42 Å². The van der Waals surface area contributed by atoms with E-state index in [9.17, 15) is 0 Å². The summed E-state index contributed by atoms with van der Waals surface area (Å²) in [5.41, 5.74) is 0.397. The molecule has 1 aliphatic rings. The van der Waals surface area contributed by atoms with E-state index < -0.39 is 0 Å². The van der Waals surface area contributed by atoms with Crippen molar-refractivity contribution in [3.05, 3.63) is 0 Å². The van der Waals surface area contributed by atoms with Crippen molar-refractivity contribution in [1.29, 1.82) is 0 Å². The normalized spacial score (nSPS) is 26.9. The van der Waals surface area contributed by atoms with E-state index in [0.29, 0.717) is 11.5 Å². The van der Waals surface area contributed by atoms with E-state index >= 15 is 0 Å². The maximum absolute atomic E-state index is 5.55. The molecule has 1 saturated heterocycles. The van der Waals surface area contributed by atoms with Crippen molar-refractivity contribution in [2.24, 2.45) is 5.41 Å². The molecule has 0 bridgehead atoms. The molecule has 1 N–H and O–H groups in total. The minimum Gasteiger partial charge on any atom is -0.300 e. The average Bonchev–Trinajstić information content (AvgIpc) is 2.20. The third-order valence-electron chi connectivity index (χ3n) is 3.30. The molecule has 1 heterocycles. The molecule has 0 aliphatic carbocycles. The number of thioether (sulfide) groups is 1. The highest BCUT2D eigenvalue weighted by molar-refractivity contribution is 7.99. The minimum atomic E-state index is 0.262. The lowest BCUT2D eigenvalue weighted by Crippen LogP contribution is -2.50. The Hall–Kier alpha value is -0.130. The third kappa shape index (κ3) is 3.74. The first-order chi connectivity index (χ1) is 7.10. The summed E-state index contributed by atoms with van der Waals surface area (Å²) in [6, 6.07) is 0.835. The first kappa shape index (κ1) is 12.9. The molecule has 0 aromatic rings. The summed E-state index contributed by atoms with van der Waals surface area (Å²) in [4.78, 5) is 0. The molecule has 0 aromatic carbocycles. The van der Waals surface area contributed by atoms with E-state index in [1.54, 1.807) is 0 Å². The summed E-state index contributed by atoms with van der Waals surface area (Å²) in [7, 11) is 0. The van der Waals surface area contributed by atoms with Crippen LogP contribution in [0.3, 0.4) is 0 Å². The number of hydrogen-bond donors (Lipinski definition) is 1. The molecule has 0 aromatic heterocycles. The van der Waals surface area contributed by atoms with E-state index in [1.807, 2.05) is 11.8 Å². The van der Waals surface area contributed by atoms with Gasteiger partial charge in [0.25, 0.3) is 0 Å². The second-order valence-corrected chi connectivity index (χ2v) is 6.19. The second-order valence-electron chi connectivity index (χ2n) is 5.04. The van der Waals surface area contributed by atoms with E-state index in [1.165, 1.54) is 17.9 Å². The van der Waals surface area contributed by atoms with Crippen LogP contribution in [0.1, 0.15) is 40.0 Å². The zero-order chi connectivity index (χ0) is 11.3. The molecular weight excluding hydrogens is 202 g/mol. The topological polar surface area (TPSA) is 12.0 Å². The van der Waals surface area contributed by atoms with E-state index in [2.05, 4.69) is 32.0 Å². The third-order valence-corrected chi connectivity index (χ3v) is 4.36. The van der Waals surface area contributed by atoms with Crippen LogP contribution in [0.25, 0.3) is 0 Å². The van der Waals surface area contributed by atoms with Crippen molar-refractivity contribution >= 4 is 11.8 Å². The quantitative estimate of drug-likeness (QED) is 0.738. The molecule has 15 heavy (non-hydrogen) atoms. The molecule has 2 atom stereocenters. The summed E-state index contributed by atoms with van der Waals surface area (Å²) >= 11 is 2.04. The summed E-state index contributed by atoms with van der Waals surface area (Å²) in [6.07, 6.45) is 9.08. The SMILES string of the molecule is C#CC(CCC)NC1CSCCC1(C)C. The van der Waals surface area contributed by atoms with E-state index in [4.69, 9.17) is 6.42 Å². The van der Waals surface area contributed by atoms with Crippen molar-refractivity contribution in [2.45, 2.75) is 52.1 Å². The fourth-order valence-electron chi connectivity index (χ4n) is 1.96. The first-order valence-corrected chi connectivity index (χ1v) is 7.05. The van der Waals surface area contributed by atoms with Crippen LogP contribution in [0.2, 0.25) is 0 Å². The zero-order valence-corrected chi connectivity index (χ0v) is 11.0. The predicted molar refractivity (Wildman–Crippen MR) is 70.2 cm³/mol. The van der Waals surface area contributed by atoms with E-state index in [0.717, 1.165) is 12.8 Å². The van der Waals surface area contributed by atoms with Crippen molar-refractivity contribution in [1.82, 2.24) is 5.32 Å². The number of nitrogens with one attached hydrogen (secondary N) is 1. The summed E-state index contributed by atoms with van der Waals surface area (Å²) in [5, 5.41) is 3.64. The summed E-state index contributed by atoms with van der Waals surface area (Å²) in [5.74, 6) is 5.36. The molecule has 1 rings (SSSR count). The standard InChI is InChI=1S/C13H23NS/c1-5-7-11(6-2)14-12-10-15-9-8-13(12,3)4/h2,11-12,14H,5,7-10H2,1,3-4H3. The van der Waals surface area contributed by atoms with Gasteiger partial charge in [-0.2, -0.15) is 11.8 Å². The molecule has 0 radical (unpaired) electrons. The lowest BCUT2D eigenvalue weighted by Gasteiger charge is -2.40. The Morgan fingerprint density at radius 2 is 2.33 bits per heavy atom. The maximum Gasteiger partial charge on any atom is 0.0689 e. The van der Waals surface area contributed by atoms with Crippen molar-refractivity contribution in [3.63, 3.8) is 0 Å². The smallest absolute Gasteiger partial charge is 0.0689 e. The molecule has 0 amide bonds. The Labute approximate surface area is 98.8 Å². The Bertz CT molecular complexity index is 229. The lowest BCUT2D eigenvalue weighted by molar-refractivity contribution is 0.235. The van der Waals surface area contributed by atoms with Crippen LogP contribution in [-0.4, -0.2) is 23.6 Å². The van der Waals surface area contributed by atoms with Crippen LogP contribution >= 0.6 is 11.8 Å². The lowest BCUT2D eigenvalue weighted by atomic mass is 9.82. The van der Waals surface area contributed by atoms with Crippen LogP contribution < -0.4 is 5.32 Å². The van der Waals surface area contributed by atoms with Crippen molar-refractivity contribution in [3.8, 4) is 12.3 Å². The highest BCUT2D eigenvalue weighted by atomic mass is 32.2. The minimum absolute atomic E-state index is 0.262. The Morgan fingerprint density at radius 1 is 1.60 bits per heavy atom. The van der Waals surface area contributed by atoms with Gasteiger partial charge in [0.05, 0.1) is 6.04 Å². The van der Waals surface area contributed by atoms with Crippen LogP contribution in [-0.2, 0) is 0 Å². The maximum atomic E-state index is 5.55. The fraction of sp³-hybridized carbons (Fsp3) is 0.846. The van der Waals surface area contributed by atoms with Crippen molar-refractivity contribution in [2.75, 3.05) is 11.5 Å². The van der Waals surface area contributed by atoms with Gasteiger partial charge in [-0.05, 0) is 24.0 Å². The molecule has 0 saturated carbocycles. The molecule has 0 spiro atoms. The molecular formula is C13H23NS. The Morgan fingerprint density at radius 3 is 2.87 bits per heavy atom. The molecule has 1 aliphatic heterocycles. The Balaban J connectivity index is 2.51. The van der Waals surface area contributed by atoms with Gasteiger partial charge >= 0.3 is 0 Å². The van der Waals surface area contributed by atoms with E-state index in [-0.39, 0.29) is 6.04 Å². The van der Waals surface area contributed by atoms with Crippen LogP contribution in [0.15, 0.2) is 0 Å². The molecule has 1 fully saturated rings. The van der Waals surface area contributed by atoms with Gasteiger partial charge in [-0.3, -0.25) is 5.32 Å². The van der Waals surface area contributed by atoms with Gasteiger partial charge in [-0.25, -0.2) is 0 Å². The van der Waals surface area contributed by atoms with Gasteiger partial charge in [0.15, 0.2) is 0 Å². The molecule has 1 nitrogen and oxygen atoms in total. The molecule has 2 unspecified atom stereocenters. The fourth-order valence-corrected chi connectivity index (χ4v) is 3.58. The molecule has 2 heteroatoms. The monoisotopic (exact) mass is 225 g/mol. The first-order valence-electron chi connectivity index (χ1n) is 5.90. The number of rotatable bonds is 4. The van der Waals surface area contributed by atoms with Gasteiger partial charge in [0.2, 0.25) is 0 Å². The zero-order valence-electron chi connectivity index (χ0n) is 10.2. The Kier molecular flexibility index (Phi) is 5.02. The van der Waals surface area contributed by atoms with Crippen LogP contribution in [0.5, 0.6) is 0 Å². The van der Waals surface area contributed by atoms with Crippen LogP contribution in [0, 0.1) is 17.8 Å². The second kappa shape index (κ2) is 5.82. The number of terminal acetylenes is 1.